The molecule has 2 amide bonds. The van der Waals surface area contributed by atoms with Gasteiger partial charge in [-0.2, -0.15) is 0 Å². The van der Waals surface area contributed by atoms with Crippen LogP contribution >= 0.6 is 0 Å². The van der Waals surface area contributed by atoms with Crippen LogP contribution in [0, 0.1) is 5.92 Å². The highest BCUT2D eigenvalue weighted by molar-refractivity contribution is 5.89. The summed E-state index contributed by atoms with van der Waals surface area (Å²) in [7, 11) is 0. The summed E-state index contributed by atoms with van der Waals surface area (Å²) >= 11 is 0. The minimum absolute atomic E-state index is 0.0516. The molecule has 0 spiro atoms. The number of hydrogen-bond acceptors (Lipinski definition) is 3. The maximum atomic E-state index is 11.7. The van der Waals surface area contributed by atoms with Crippen molar-refractivity contribution in [3.8, 4) is 0 Å². The lowest BCUT2D eigenvalue weighted by Gasteiger charge is -2.25. The normalized spacial score (nSPS) is 20.7. The molecular weight excluding hydrogens is 208 g/mol. The molecule has 1 heterocycles. The number of carbonyl (C=O) groups excluding carboxylic acids is 2. The zero-order valence-corrected chi connectivity index (χ0v) is 10.1. The molecule has 1 atom stereocenters. The molecule has 1 saturated heterocycles. The molecule has 1 fully saturated rings. The first-order valence-corrected chi connectivity index (χ1v) is 5.63. The molecule has 16 heavy (non-hydrogen) atoms. The van der Waals surface area contributed by atoms with Gasteiger partial charge in [-0.15, -0.1) is 0 Å². The van der Waals surface area contributed by atoms with E-state index in [1.54, 1.807) is 0 Å². The summed E-state index contributed by atoms with van der Waals surface area (Å²) in [6, 6.07) is 0. The first kappa shape index (κ1) is 13.0. The van der Waals surface area contributed by atoms with Crippen LogP contribution in [0.2, 0.25) is 0 Å². The Morgan fingerprint density at radius 1 is 1.62 bits per heavy atom. The summed E-state index contributed by atoms with van der Waals surface area (Å²) in [5, 5.41) is 5.46. The average molecular weight is 228 g/mol. The van der Waals surface area contributed by atoms with Gasteiger partial charge in [0.15, 0.2) is 0 Å². The van der Waals surface area contributed by atoms with Gasteiger partial charge in [-0.25, -0.2) is 0 Å². The molecule has 0 bridgehead atoms. The zero-order chi connectivity index (χ0) is 12.2. The van der Waals surface area contributed by atoms with E-state index in [1.807, 2.05) is 20.8 Å². The van der Waals surface area contributed by atoms with Gasteiger partial charge in [0.05, 0.1) is 11.5 Å². The van der Waals surface area contributed by atoms with Gasteiger partial charge < -0.3 is 15.4 Å². The van der Waals surface area contributed by atoms with Crippen molar-refractivity contribution in [2.45, 2.75) is 32.8 Å². The predicted molar refractivity (Wildman–Crippen MR) is 59.8 cm³/mol. The molecule has 0 aromatic carbocycles. The third kappa shape index (κ3) is 3.81. The van der Waals surface area contributed by atoms with Gasteiger partial charge >= 0.3 is 0 Å². The third-order valence-electron chi connectivity index (χ3n) is 2.57. The van der Waals surface area contributed by atoms with E-state index in [-0.39, 0.29) is 23.3 Å². The first-order valence-electron chi connectivity index (χ1n) is 5.63. The molecule has 2 N–H and O–H groups in total. The Kier molecular flexibility index (Phi) is 4.29. The van der Waals surface area contributed by atoms with Crippen molar-refractivity contribution in [2.24, 2.45) is 5.92 Å². The van der Waals surface area contributed by atoms with Gasteiger partial charge in [-0.3, -0.25) is 9.59 Å². The summed E-state index contributed by atoms with van der Waals surface area (Å²) in [6.45, 7) is 7.29. The predicted octanol–water partition coefficient (Wildman–Crippen LogP) is 0.0538. The fraction of sp³-hybridized carbons (Fsp3) is 0.818. The maximum Gasteiger partial charge on any atom is 0.225 e. The van der Waals surface area contributed by atoms with Crippen LogP contribution in [0.25, 0.3) is 0 Å². The second-order valence-electron chi connectivity index (χ2n) is 4.62. The molecule has 0 radical (unpaired) electrons. The van der Waals surface area contributed by atoms with Gasteiger partial charge in [-0.1, -0.05) is 0 Å². The lowest BCUT2D eigenvalue weighted by Crippen LogP contribution is -2.43. The van der Waals surface area contributed by atoms with E-state index in [0.29, 0.717) is 26.1 Å². The number of amides is 2. The Balaban J connectivity index is 2.32. The van der Waals surface area contributed by atoms with Crippen LogP contribution in [0.3, 0.4) is 0 Å². The maximum absolute atomic E-state index is 11.7. The van der Waals surface area contributed by atoms with E-state index in [1.165, 1.54) is 0 Å². The highest BCUT2D eigenvalue weighted by atomic mass is 16.5. The Bertz CT molecular complexity index is 276. The largest absolute Gasteiger partial charge is 0.374 e. The Labute approximate surface area is 95.9 Å². The number of ether oxygens (including phenoxy) is 1. The minimum Gasteiger partial charge on any atom is -0.374 e. The van der Waals surface area contributed by atoms with Gasteiger partial charge in [-0.05, 0) is 20.8 Å². The van der Waals surface area contributed by atoms with Crippen LogP contribution in [0.4, 0.5) is 0 Å². The topological polar surface area (TPSA) is 67.4 Å². The quantitative estimate of drug-likeness (QED) is 0.699. The van der Waals surface area contributed by atoms with E-state index < -0.39 is 0 Å². The SMILES string of the molecule is CCOC(C)(C)CNC(=O)C1CNC(=O)C1. The molecule has 0 aromatic heterocycles. The first-order chi connectivity index (χ1) is 7.44. The van der Waals surface area contributed by atoms with Crippen LogP contribution in [0.15, 0.2) is 0 Å². The fourth-order valence-corrected chi connectivity index (χ4v) is 1.68. The van der Waals surface area contributed by atoms with Crippen LogP contribution in [0.1, 0.15) is 27.2 Å². The average Bonchev–Trinajstić information content (AvgIpc) is 2.61. The van der Waals surface area contributed by atoms with Crippen LogP contribution in [-0.4, -0.2) is 37.1 Å². The smallest absolute Gasteiger partial charge is 0.225 e. The summed E-state index contributed by atoms with van der Waals surface area (Å²) in [5.74, 6) is -0.361. The number of carbonyl (C=O) groups is 2. The lowest BCUT2D eigenvalue weighted by atomic mass is 10.1. The van der Waals surface area contributed by atoms with Crippen molar-refractivity contribution < 1.29 is 14.3 Å². The second kappa shape index (κ2) is 5.30. The van der Waals surface area contributed by atoms with Gasteiger partial charge in [0.1, 0.15) is 0 Å². The van der Waals surface area contributed by atoms with Crippen molar-refractivity contribution in [3.05, 3.63) is 0 Å². The Morgan fingerprint density at radius 3 is 2.81 bits per heavy atom. The summed E-state index contributed by atoms with van der Waals surface area (Å²) in [4.78, 5) is 22.6. The minimum atomic E-state index is -0.361. The van der Waals surface area contributed by atoms with Crippen LogP contribution < -0.4 is 10.6 Å². The Hall–Kier alpha value is -1.10. The van der Waals surface area contributed by atoms with E-state index in [2.05, 4.69) is 10.6 Å². The molecule has 1 rings (SSSR count). The van der Waals surface area contributed by atoms with Crippen LogP contribution in [-0.2, 0) is 14.3 Å². The lowest BCUT2D eigenvalue weighted by molar-refractivity contribution is -0.127. The molecule has 0 saturated carbocycles. The summed E-state index contributed by atoms with van der Waals surface area (Å²) in [6.07, 6.45) is 0.293. The molecular formula is C11H20N2O3. The summed E-state index contributed by atoms with van der Waals surface area (Å²) in [5.41, 5.74) is -0.361. The van der Waals surface area contributed by atoms with Crippen molar-refractivity contribution in [1.29, 1.82) is 0 Å². The molecule has 5 nitrogen and oxygen atoms in total. The molecule has 92 valence electrons. The monoisotopic (exact) mass is 228 g/mol. The molecule has 0 aromatic rings. The number of hydrogen-bond donors (Lipinski definition) is 2. The number of nitrogens with one attached hydrogen (secondary N) is 2. The molecule has 0 aliphatic carbocycles. The van der Waals surface area contributed by atoms with Gasteiger partial charge in [0, 0.05) is 26.1 Å². The highest BCUT2D eigenvalue weighted by Crippen LogP contribution is 2.11. The van der Waals surface area contributed by atoms with Gasteiger partial charge in [0.2, 0.25) is 11.8 Å². The Morgan fingerprint density at radius 2 is 2.31 bits per heavy atom. The van der Waals surface area contributed by atoms with Crippen molar-refractivity contribution in [2.75, 3.05) is 19.7 Å². The molecule has 1 unspecified atom stereocenters. The molecule has 1 aliphatic heterocycles. The van der Waals surface area contributed by atoms with E-state index in [0.717, 1.165) is 0 Å². The third-order valence-corrected chi connectivity index (χ3v) is 2.57. The van der Waals surface area contributed by atoms with Crippen molar-refractivity contribution in [3.63, 3.8) is 0 Å². The summed E-state index contributed by atoms with van der Waals surface area (Å²) < 4.78 is 5.47. The second-order valence-corrected chi connectivity index (χ2v) is 4.62. The standard InChI is InChI=1S/C11H20N2O3/c1-4-16-11(2,3)7-13-10(15)8-5-9(14)12-6-8/h8H,4-7H2,1-3H3,(H,12,14)(H,13,15). The fourth-order valence-electron chi connectivity index (χ4n) is 1.68. The van der Waals surface area contributed by atoms with E-state index >= 15 is 0 Å². The zero-order valence-electron chi connectivity index (χ0n) is 10.1. The van der Waals surface area contributed by atoms with Crippen molar-refractivity contribution in [1.82, 2.24) is 10.6 Å². The van der Waals surface area contributed by atoms with Crippen LogP contribution in [0.5, 0.6) is 0 Å². The van der Waals surface area contributed by atoms with Gasteiger partial charge in [0.25, 0.3) is 0 Å². The number of rotatable bonds is 5. The van der Waals surface area contributed by atoms with Crippen molar-refractivity contribution >= 4 is 11.8 Å². The van der Waals surface area contributed by atoms with E-state index in [4.69, 9.17) is 4.74 Å². The van der Waals surface area contributed by atoms with E-state index in [9.17, 15) is 9.59 Å². The highest BCUT2D eigenvalue weighted by Gasteiger charge is 2.29. The molecule has 1 aliphatic rings. The molecule has 5 heteroatoms.